The maximum atomic E-state index is 11.5. The topological polar surface area (TPSA) is 91.3 Å². The number of amides is 2. The first-order chi connectivity index (χ1) is 8.54. The average molecular weight is 251 g/mol. The highest BCUT2D eigenvalue weighted by atomic mass is 16.4. The summed E-state index contributed by atoms with van der Waals surface area (Å²) in [6.45, 7) is 3.94. The van der Waals surface area contributed by atoms with Gasteiger partial charge in [-0.05, 0) is 30.5 Å². The van der Waals surface area contributed by atoms with E-state index in [0.717, 1.165) is 11.1 Å². The van der Waals surface area contributed by atoms with Gasteiger partial charge in [0.2, 0.25) is 0 Å². The van der Waals surface area contributed by atoms with E-state index in [1.807, 2.05) is 13.0 Å². The molecule has 6 nitrogen and oxygen atoms in total. The van der Waals surface area contributed by atoms with Gasteiger partial charge in [0.15, 0.2) is 0 Å². The highest BCUT2D eigenvalue weighted by Gasteiger charge is 2.17. The third kappa shape index (κ3) is 4.04. The molecular formula is C12H17N3O3. The van der Waals surface area contributed by atoms with Gasteiger partial charge < -0.3 is 15.7 Å². The summed E-state index contributed by atoms with van der Waals surface area (Å²) in [6.07, 6.45) is 3.69. The number of aryl methyl sites for hydroxylation is 1. The summed E-state index contributed by atoms with van der Waals surface area (Å²) in [5, 5.41) is 13.8. The lowest BCUT2D eigenvalue weighted by molar-refractivity contribution is -0.139. The van der Waals surface area contributed by atoms with Crippen molar-refractivity contribution in [1.82, 2.24) is 15.6 Å². The molecule has 1 aromatic heterocycles. The minimum Gasteiger partial charge on any atom is -0.480 e. The number of nitrogens with zero attached hydrogens (tertiary/aromatic N) is 1. The first-order valence-corrected chi connectivity index (χ1v) is 5.71. The molecule has 1 aromatic rings. The Morgan fingerprint density at radius 1 is 1.50 bits per heavy atom. The van der Waals surface area contributed by atoms with Crippen LogP contribution in [0.4, 0.5) is 4.79 Å². The summed E-state index contributed by atoms with van der Waals surface area (Å²) in [4.78, 5) is 26.2. The van der Waals surface area contributed by atoms with E-state index in [4.69, 9.17) is 5.11 Å². The monoisotopic (exact) mass is 251 g/mol. The molecule has 0 unspecified atom stereocenters. The molecule has 2 amide bonds. The second kappa shape index (κ2) is 6.58. The molecule has 1 rings (SSSR count). The van der Waals surface area contributed by atoms with Gasteiger partial charge in [0, 0.05) is 18.9 Å². The number of aromatic nitrogens is 1. The van der Waals surface area contributed by atoms with Crippen molar-refractivity contribution in [1.29, 1.82) is 0 Å². The lowest BCUT2D eigenvalue weighted by atomic mass is 10.1. The van der Waals surface area contributed by atoms with Crippen molar-refractivity contribution >= 4 is 12.0 Å². The summed E-state index contributed by atoms with van der Waals surface area (Å²) in [5.41, 5.74) is 1.92. The van der Waals surface area contributed by atoms with E-state index in [1.54, 1.807) is 19.3 Å². The van der Waals surface area contributed by atoms with Crippen LogP contribution in [0.2, 0.25) is 0 Å². The maximum Gasteiger partial charge on any atom is 0.326 e. The van der Waals surface area contributed by atoms with Crippen LogP contribution in [-0.4, -0.2) is 28.1 Å². The van der Waals surface area contributed by atoms with Crippen LogP contribution in [0.1, 0.15) is 24.5 Å². The molecule has 0 aliphatic rings. The number of nitrogens with one attached hydrogen (secondary N) is 2. The van der Waals surface area contributed by atoms with E-state index in [0.29, 0.717) is 13.0 Å². The molecule has 3 N–H and O–H groups in total. The molecule has 6 heteroatoms. The summed E-state index contributed by atoms with van der Waals surface area (Å²) in [6, 6.07) is 0.494. The number of hydrogen-bond donors (Lipinski definition) is 3. The van der Waals surface area contributed by atoms with Crippen molar-refractivity contribution in [3.8, 4) is 0 Å². The molecule has 0 radical (unpaired) electrons. The van der Waals surface area contributed by atoms with Gasteiger partial charge in [-0.2, -0.15) is 0 Å². The van der Waals surface area contributed by atoms with Crippen molar-refractivity contribution in [2.75, 3.05) is 0 Å². The lowest BCUT2D eigenvalue weighted by Gasteiger charge is -2.13. The van der Waals surface area contributed by atoms with Gasteiger partial charge >= 0.3 is 12.0 Å². The fraction of sp³-hybridized carbons (Fsp3) is 0.417. The number of aliphatic carboxylic acids is 1. The summed E-state index contributed by atoms with van der Waals surface area (Å²) < 4.78 is 0. The van der Waals surface area contributed by atoms with Crippen molar-refractivity contribution in [2.24, 2.45) is 0 Å². The largest absolute Gasteiger partial charge is 0.480 e. The summed E-state index contributed by atoms with van der Waals surface area (Å²) in [7, 11) is 0. The van der Waals surface area contributed by atoms with Crippen molar-refractivity contribution in [3.63, 3.8) is 0 Å². The van der Waals surface area contributed by atoms with E-state index >= 15 is 0 Å². The van der Waals surface area contributed by atoms with E-state index in [-0.39, 0.29) is 0 Å². The van der Waals surface area contributed by atoms with Crippen molar-refractivity contribution < 1.29 is 14.7 Å². The molecule has 0 fully saturated rings. The van der Waals surface area contributed by atoms with Crippen LogP contribution in [0.15, 0.2) is 18.5 Å². The Bertz CT molecular complexity index is 434. The van der Waals surface area contributed by atoms with Gasteiger partial charge in [0.05, 0.1) is 0 Å². The van der Waals surface area contributed by atoms with Crippen LogP contribution in [0.25, 0.3) is 0 Å². The van der Waals surface area contributed by atoms with Crippen LogP contribution in [0.3, 0.4) is 0 Å². The third-order valence-corrected chi connectivity index (χ3v) is 2.60. The number of pyridine rings is 1. The first kappa shape index (κ1) is 14.0. The van der Waals surface area contributed by atoms with Gasteiger partial charge in [0.1, 0.15) is 6.04 Å². The molecule has 0 saturated heterocycles. The van der Waals surface area contributed by atoms with Crippen LogP contribution in [-0.2, 0) is 11.3 Å². The SMILES string of the molecule is CC[C@@H](NC(=O)NCc1cnccc1C)C(=O)O. The van der Waals surface area contributed by atoms with Gasteiger partial charge in [-0.15, -0.1) is 0 Å². The molecule has 98 valence electrons. The predicted octanol–water partition coefficient (Wildman–Crippen LogP) is 1.05. The van der Waals surface area contributed by atoms with Gasteiger partial charge in [0.25, 0.3) is 0 Å². The third-order valence-electron chi connectivity index (χ3n) is 2.60. The zero-order valence-corrected chi connectivity index (χ0v) is 10.4. The lowest BCUT2D eigenvalue weighted by Crippen LogP contribution is -2.45. The number of rotatable bonds is 5. The number of urea groups is 1. The van der Waals surface area contributed by atoms with E-state index in [1.165, 1.54) is 0 Å². The number of carbonyl (C=O) groups excluding carboxylic acids is 1. The molecule has 1 atom stereocenters. The average Bonchev–Trinajstić information content (AvgIpc) is 2.34. The zero-order valence-electron chi connectivity index (χ0n) is 10.4. The molecule has 0 bridgehead atoms. The zero-order chi connectivity index (χ0) is 13.5. The maximum absolute atomic E-state index is 11.5. The number of carboxylic acid groups (broad SMARTS) is 1. The van der Waals surface area contributed by atoms with Gasteiger partial charge in [-0.1, -0.05) is 6.92 Å². The number of carboxylic acids is 1. The minimum absolute atomic E-state index is 0.321. The van der Waals surface area contributed by atoms with Crippen LogP contribution in [0.5, 0.6) is 0 Å². The van der Waals surface area contributed by atoms with Crippen molar-refractivity contribution in [3.05, 3.63) is 29.6 Å². The first-order valence-electron chi connectivity index (χ1n) is 5.71. The predicted molar refractivity (Wildman–Crippen MR) is 66.1 cm³/mol. The molecule has 0 aliphatic carbocycles. The van der Waals surface area contributed by atoms with Crippen LogP contribution in [0, 0.1) is 6.92 Å². The van der Waals surface area contributed by atoms with E-state index in [2.05, 4.69) is 15.6 Å². The molecular weight excluding hydrogens is 234 g/mol. The second-order valence-electron chi connectivity index (χ2n) is 3.93. The molecule has 0 spiro atoms. The minimum atomic E-state index is -1.04. The Morgan fingerprint density at radius 3 is 2.78 bits per heavy atom. The Labute approximate surface area is 105 Å². The van der Waals surface area contributed by atoms with E-state index < -0.39 is 18.0 Å². The molecule has 18 heavy (non-hydrogen) atoms. The quantitative estimate of drug-likeness (QED) is 0.729. The standard InChI is InChI=1S/C12H17N3O3/c1-3-10(11(16)17)15-12(18)14-7-9-6-13-5-4-8(9)2/h4-6,10H,3,7H2,1-2H3,(H,16,17)(H2,14,15,18)/t10-/m1/s1. The second-order valence-corrected chi connectivity index (χ2v) is 3.93. The summed E-state index contributed by atoms with van der Waals surface area (Å²) >= 11 is 0. The normalized spacial score (nSPS) is 11.7. The van der Waals surface area contributed by atoms with Crippen LogP contribution < -0.4 is 10.6 Å². The van der Waals surface area contributed by atoms with Gasteiger partial charge in [-0.3, -0.25) is 4.98 Å². The van der Waals surface area contributed by atoms with Crippen LogP contribution >= 0.6 is 0 Å². The smallest absolute Gasteiger partial charge is 0.326 e. The fourth-order valence-electron chi connectivity index (χ4n) is 1.40. The number of hydrogen-bond acceptors (Lipinski definition) is 3. The van der Waals surface area contributed by atoms with E-state index in [9.17, 15) is 9.59 Å². The van der Waals surface area contributed by atoms with Crippen molar-refractivity contribution in [2.45, 2.75) is 32.9 Å². The Balaban J connectivity index is 2.47. The Hall–Kier alpha value is -2.11. The molecule has 0 aromatic carbocycles. The summed E-state index contributed by atoms with van der Waals surface area (Å²) in [5.74, 6) is -1.04. The highest BCUT2D eigenvalue weighted by molar-refractivity contribution is 5.82. The molecule has 1 heterocycles. The van der Waals surface area contributed by atoms with Gasteiger partial charge in [-0.25, -0.2) is 9.59 Å². The fourth-order valence-corrected chi connectivity index (χ4v) is 1.40. The highest BCUT2D eigenvalue weighted by Crippen LogP contribution is 2.03. The molecule has 0 saturated carbocycles. The Morgan fingerprint density at radius 2 is 2.22 bits per heavy atom. The Kier molecular flexibility index (Phi) is 5.10. The molecule has 0 aliphatic heterocycles. The number of carbonyl (C=O) groups is 2.